The molecule has 0 amide bonds. The molecule has 222 valence electrons. The number of hydrogen-bond donors (Lipinski definition) is 1. The molecule has 2 fully saturated rings. The van der Waals surface area contributed by atoms with Crippen LogP contribution >= 0.6 is 11.6 Å². The number of hydrogen-bond acceptors (Lipinski definition) is 8. The lowest BCUT2D eigenvalue weighted by atomic mass is 9.97. The standard InChI is InChI=1S/C26H27ClFN7O5S2/c27-21-4-3-5-22(28)20(21)16-35-25-23(31-32-35)26(36)30-24(29-25)17-10-14-34(15-11-17)42(39,40)19-8-6-18(7-9-19)41(37,38)33-12-1-2-13-33/h3-9,17H,1-2,10-16H2,(H,29,30,36). The molecule has 4 heterocycles. The minimum Gasteiger partial charge on any atom is -0.308 e. The van der Waals surface area contributed by atoms with Crippen LogP contribution in [-0.4, -0.2) is 76.6 Å². The number of piperidine rings is 1. The summed E-state index contributed by atoms with van der Waals surface area (Å²) in [4.78, 5) is 20.2. The highest BCUT2D eigenvalue weighted by molar-refractivity contribution is 7.89. The molecule has 0 bridgehead atoms. The van der Waals surface area contributed by atoms with Crippen molar-refractivity contribution in [1.29, 1.82) is 0 Å². The average molecular weight is 636 g/mol. The molecule has 0 radical (unpaired) electrons. The molecule has 0 unspecified atom stereocenters. The summed E-state index contributed by atoms with van der Waals surface area (Å²) in [5.41, 5.74) is -0.136. The number of nitrogens with zero attached hydrogens (tertiary/aromatic N) is 6. The molecule has 42 heavy (non-hydrogen) atoms. The van der Waals surface area contributed by atoms with Crippen LogP contribution in [0.3, 0.4) is 0 Å². The smallest absolute Gasteiger partial charge is 0.281 e. The zero-order chi connectivity index (χ0) is 29.6. The molecule has 0 spiro atoms. The van der Waals surface area contributed by atoms with Crippen LogP contribution in [0.1, 0.15) is 43.0 Å². The Hall–Kier alpha value is -3.24. The number of rotatable bonds is 7. The third-order valence-corrected chi connectivity index (χ3v) is 11.9. The normalized spacial score (nSPS) is 17.8. The minimum absolute atomic E-state index is 0.00131. The fourth-order valence-corrected chi connectivity index (χ4v) is 8.61. The van der Waals surface area contributed by atoms with E-state index in [1.54, 1.807) is 6.07 Å². The van der Waals surface area contributed by atoms with Crippen LogP contribution in [0.25, 0.3) is 11.2 Å². The van der Waals surface area contributed by atoms with Crippen LogP contribution in [0.2, 0.25) is 5.02 Å². The Balaban J connectivity index is 1.18. The molecule has 1 N–H and O–H groups in total. The highest BCUT2D eigenvalue weighted by atomic mass is 35.5. The van der Waals surface area contributed by atoms with E-state index in [2.05, 4.69) is 20.3 Å². The lowest BCUT2D eigenvalue weighted by Gasteiger charge is -2.30. The Bertz CT molecular complexity index is 1900. The fraction of sp³-hybridized carbons (Fsp3) is 0.385. The Kier molecular flexibility index (Phi) is 7.64. The zero-order valence-corrected chi connectivity index (χ0v) is 24.7. The van der Waals surface area contributed by atoms with E-state index < -0.39 is 31.4 Å². The minimum atomic E-state index is -3.87. The first-order valence-electron chi connectivity index (χ1n) is 13.4. The summed E-state index contributed by atoms with van der Waals surface area (Å²) in [5, 5.41) is 8.08. The van der Waals surface area contributed by atoms with Crippen molar-refractivity contribution in [2.24, 2.45) is 0 Å². The van der Waals surface area contributed by atoms with Gasteiger partial charge >= 0.3 is 0 Å². The van der Waals surface area contributed by atoms with E-state index in [4.69, 9.17) is 11.6 Å². The Labute approximate surface area is 246 Å². The second-order valence-electron chi connectivity index (χ2n) is 10.3. The maximum absolute atomic E-state index is 14.4. The number of halogens is 2. The molecule has 2 aromatic carbocycles. The van der Waals surface area contributed by atoms with Crippen molar-refractivity contribution < 1.29 is 21.2 Å². The van der Waals surface area contributed by atoms with E-state index in [0.29, 0.717) is 31.8 Å². The van der Waals surface area contributed by atoms with Crippen LogP contribution in [-0.2, 0) is 26.6 Å². The molecule has 2 aromatic heterocycles. The van der Waals surface area contributed by atoms with Crippen molar-refractivity contribution >= 4 is 42.8 Å². The van der Waals surface area contributed by atoms with Crippen LogP contribution in [0.15, 0.2) is 57.1 Å². The third kappa shape index (κ3) is 5.24. The molecule has 16 heteroatoms. The van der Waals surface area contributed by atoms with Gasteiger partial charge < -0.3 is 4.98 Å². The number of benzene rings is 2. The van der Waals surface area contributed by atoms with E-state index in [0.717, 1.165) is 12.8 Å². The van der Waals surface area contributed by atoms with Crippen molar-refractivity contribution in [3.8, 4) is 0 Å². The van der Waals surface area contributed by atoms with E-state index in [1.165, 1.54) is 49.7 Å². The predicted octanol–water partition coefficient (Wildman–Crippen LogP) is 2.71. The van der Waals surface area contributed by atoms with Crippen molar-refractivity contribution in [2.45, 2.75) is 47.9 Å². The quantitative estimate of drug-likeness (QED) is 0.326. The largest absolute Gasteiger partial charge is 0.308 e. The van der Waals surface area contributed by atoms with Crippen molar-refractivity contribution in [3.05, 3.63) is 75.0 Å². The monoisotopic (exact) mass is 635 g/mol. The topological polar surface area (TPSA) is 151 Å². The van der Waals surface area contributed by atoms with E-state index in [-0.39, 0.29) is 57.1 Å². The first kappa shape index (κ1) is 28.9. The van der Waals surface area contributed by atoms with Gasteiger partial charge in [0.15, 0.2) is 11.2 Å². The second kappa shape index (κ2) is 11.1. The van der Waals surface area contributed by atoms with E-state index in [1.807, 2.05) is 0 Å². The van der Waals surface area contributed by atoms with Gasteiger partial charge in [0.25, 0.3) is 5.56 Å². The maximum Gasteiger partial charge on any atom is 0.281 e. The summed E-state index contributed by atoms with van der Waals surface area (Å²) in [6.45, 7) is 1.19. The Morgan fingerprint density at radius 3 is 2.10 bits per heavy atom. The summed E-state index contributed by atoms with van der Waals surface area (Å²) in [6, 6.07) is 9.64. The number of sulfonamides is 2. The number of fused-ring (bicyclic) bond motifs is 1. The van der Waals surface area contributed by atoms with E-state index in [9.17, 15) is 26.0 Å². The molecular formula is C26H27ClFN7O5S2. The number of aromatic amines is 1. The third-order valence-electron chi connectivity index (χ3n) is 7.77. The molecule has 0 atom stereocenters. The summed E-state index contributed by atoms with van der Waals surface area (Å²) in [5.74, 6) is -0.404. The summed E-state index contributed by atoms with van der Waals surface area (Å²) in [7, 11) is -7.52. The number of nitrogens with one attached hydrogen (secondary N) is 1. The van der Waals surface area contributed by atoms with Crippen molar-refractivity contribution in [1.82, 2.24) is 33.6 Å². The van der Waals surface area contributed by atoms with Gasteiger partial charge in [0, 0.05) is 42.7 Å². The number of aromatic nitrogens is 5. The van der Waals surface area contributed by atoms with Crippen molar-refractivity contribution in [2.75, 3.05) is 26.2 Å². The van der Waals surface area contributed by atoms with Gasteiger partial charge in [-0.05, 0) is 62.1 Å². The Morgan fingerprint density at radius 1 is 0.905 bits per heavy atom. The fourth-order valence-electron chi connectivity index (χ4n) is 5.40. The van der Waals surface area contributed by atoms with Gasteiger partial charge in [-0.15, -0.1) is 5.10 Å². The predicted molar refractivity (Wildman–Crippen MR) is 152 cm³/mol. The molecule has 0 saturated carbocycles. The molecule has 4 aromatic rings. The lowest BCUT2D eigenvalue weighted by Crippen LogP contribution is -2.38. The van der Waals surface area contributed by atoms with Gasteiger partial charge in [0.05, 0.1) is 16.3 Å². The lowest BCUT2D eigenvalue weighted by molar-refractivity contribution is 0.313. The van der Waals surface area contributed by atoms with Crippen LogP contribution in [0.5, 0.6) is 0 Å². The SMILES string of the molecule is O=c1[nH]c(C2CCN(S(=O)(=O)c3ccc(S(=O)(=O)N4CCCC4)cc3)CC2)nc2c1nnn2Cc1c(F)cccc1Cl. The summed E-state index contributed by atoms with van der Waals surface area (Å²) >= 11 is 6.16. The van der Waals surface area contributed by atoms with Gasteiger partial charge in [-0.25, -0.2) is 30.9 Å². The molecule has 0 aliphatic carbocycles. The van der Waals surface area contributed by atoms with E-state index >= 15 is 0 Å². The van der Waals surface area contributed by atoms with Crippen LogP contribution < -0.4 is 5.56 Å². The van der Waals surface area contributed by atoms with Gasteiger partial charge in [0.2, 0.25) is 20.0 Å². The Morgan fingerprint density at radius 2 is 1.50 bits per heavy atom. The van der Waals surface area contributed by atoms with Crippen molar-refractivity contribution in [3.63, 3.8) is 0 Å². The molecular weight excluding hydrogens is 609 g/mol. The molecule has 2 saturated heterocycles. The summed E-state index contributed by atoms with van der Waals surface area (Å²) < 4.78 is 70.7. The number of H-pyrrole nitrogens is 1. The van der Waals surface area contributed by atoms with Gasteiger partial charge in [-0.1, -0.05) is 22.9 Å². The van der Waals surface area contributed by atoms with Crippen LogP contribution in [0, 0.1) is 5.82 Å². The van der Waals surface area contributed by atoms with Gasteiger partial charge in [-0.3, -0.25) is 4.79 Å². The first-order chi connectivity index (χ1) is 20.1. The zero-order valence-electron chi connectivity index (χ0n) is 22.3. The maximum atomic E-state index is 14.4. The molecule has 2 aliphatic rings. The van der Waals surface area contributed by atoms with Crippen LogP contribution in [0.4, 0.5) is 4.39 Å². The molecule has 2 aliphatic heterocycles. The van der Waals surface area contributed by atoms with Gasteiger partial charge in [-0.2, -0.15) is 8.61 Å². The molecule has 12 nitrogen and oxygen atoms in total. The first-order valence-corrected chi connectivity index (χ1v) is 16.7. The second-order valence-corrected chi connectivity index (χ2v) is 14.6. The highest BCUT2D eigenvalue weighted by Gasteiger charge is 2.32. The summed E-state index contributed by atoms with van der Waals surface area (Å²) in [6.07, 6.45) is 2.38. The average Bonchev–Trinajstić information content (AvgIpc) is 3.67. The van der Waals surface area contributed by atoms with Gasteiger partial charge in [0.1, 0.15) is 11.6 Å². The highest BCUT2D eigenvalue weighted by Crippen LogP contribution is 2.30. The molecule has 6 rings (SSSR count).